The molecule has 7 heteroatoms. The lowest BCUT2D eigenvalue weighted by molar-refractivity contribution is -0.117. The molecule has 180 valence electrons. The summed E-state index contributed by atoms with van der Waals surface area (Å²) < 4.78 is 10.6. The SMILES string of the molecule is CCc1ccc(C2C(C(=O)c3cc4ccccc4o3)=C(O)C(=O)N2c2cccc(C(=O)OC)c2)cc1. The van der Waals surface area contributed by atoms with Crippen molar-refractivity contribution in [3.05, 3.63) is 113 Å². The molecular weight excluding hydrogens is 458 g/mol. The summed E-state index contributed by atoms with van der Waals surface area (Å²) in [4.78, 5) is 40.6. The molecule has 36 heavy (non-hydrogen) atoms. The van der Waals surface area contributed by atoms with Crippen LogP contribution in [0.2, 0.25) is 0 Å². The minimum absolute atomic E-state index is 0.0193. The zero-order valence-electron chi connectivity index (χ0n) is 19.7. The van der Waals surface area contributed by atoms with Crippen LogP contribution >= 0.6 is 0 Å². The number of hydrogen-bond donors (Lipinski definition) is 1. The number of furan rings is 1. The highest BCUT2D eigenvalue weighted by Gasteiger charge is 2.45. The van der Waals surface area contributed by atoms with E-state index in [2.05, 4.69) is 0 Å². The lowest BCUT2D eigenvalue weighted by atomic mass is 9.93. The molecule has 0 saturated heterocycles. The van der Waals surface area contributed by atoms with Crippen LogP contribution in [0.15, 0.2) is 94.6 Å². The Morgan fingerprint density at radius 1 is 1.00 bits per heavy atom. The number of ketones is 1. The van der Waals surface area contributed by atoms with E-state index in [0.29, 0.717) is 16.8 Å². The summed E-state index contributed by atoms with van der Waals surface area (Å²) in [5.41, 5.74) is 2.72. The zero-order valence-corrected chi connectivity index (χ0v) is 19.7. The van der Waals surface area contributed by atoms with Crippen molar-refractivity contribution in [1.82, 2.24) is 0 Å². The molecule has 1 aliphatic heterocycles. The molecular formula is C29H23NO6. The number of para-hydroxylation sites is 1. The van der Waals surface area contributed by atoms with Gasteiger partial charge in [-0.05, 0) is 47.9 Å². The monoisotopic (exact) mass is 481 g/mol. The first-order chi connectivity index (χ1) is 17.4. The number of esters is 1. The topological polar surface area (TPSA) is 97.0 Å². The highest BCUT2D eigenvalue weighted by Crippen LogP contribution is 2.42. The van der Waals surface area contributed by atoms with Gasteiger partial charge in [0.2, 0.25) is 5.78 Å². The third-order valence-electron chi connectivity index (χ3n) is 6.35. The second kappa shape index (κ2) is 9.19. The van der Waals surface area contributed by atoms with Gasteiger partial charge < -0.3 is 14.3 Å². The van der Waals surface area contributed by atoms with Crippen molar-refractivity contribution in [3.63, 3.8) is 0 Å². The predicted octanol–water partition coefficient (Wildman–Crippen LogP) is 5.56. The van der Waals surface area contributed by atoms with E-state index in [4.69, 9.17) is 9.15 Å². The van der Waals surface area contributed by atoms with Crippen LogP contribution in [0.3, 0.4) is 0 Å². The van der Waals surface area contributed by atoms with Crippen molar-refractivity contribution in [2.24, 2.45) is 0 Å². The van der Waals surface area contributed by atoms with E-state index in [1.165, 1.54) is 18.1 Å². The molecule has 1 aromatic heterocycles. The fraction of sp³-hybridized carbons (Fsp3) is 0.138. The number of amides is 1. The Labute approximate surface area is 207 Å². The Morgan fingerprint density at radius 2 is 1.75 bits per heavy atom. The normalized spacial score (nSPS) is 15.6. The number of methoxy groups -OCH3 is 1. The number of Topliss-reactive ketones (excluding diaryl/α,β-unsaturated/α-hetero) is 1. The van der Waals surface area contributed by atoms with E-state index in [-0.39, 0.29) is 16.9 Å². The van der Waals surface area contributed by atoms with E-state index < -0.39 is 29.5 Å². The molecule has 3 aromatic carbocycles. The van der Waals surface area contributed by atoms with Crippen molar-refractivity contribution in [2.75, 3.05) is 12.0 Å². The lowest BCUT2D eigenvalue weighted by Crippen LogP contribution is -2.31. The summed E-state index contributed by atoms with van der Waals surface area (Å²) >= 11 is 0. The molecule has 1 N–H and O–H groups in total. The third-order valence-corrected chi connectivity index (χ3v) is 6.35. The average molecular weight is 482 g/mol. The predicted molar refractivity (Wildman–Crippen MR) is 134 cm³/mol. The fourth-order valence-corrected chi connectivity index (χ4v) is 4.48. The smallest absolute Gasteiger partial charge is 0.337 e. The molecule has 0 radical (unpaired) electrons. The molecule has 4 aromatic rings. The standard InChI is InChI=1S/C29H23NO6/c1-3-17-11-13-18(14-12-17)25-24(26(31)23-16-19-7-4-5-10-22(19)36-23)27(32)28(33)30(25)21-9-6-8-20(15-21)29(34)35-2/h4-16,25,32H,3H2,1-2H3. The lowest BCUT2D eigenvalue weighted by Gasteiger charge is -2.27. The Morgan fingerprint density at radius 3 is 2.44 bits per heavy atom. The molecule has 5 rings (SSSR count). The van der Waals surface area contributed by atoms with Crippen LogP contribution in [0, 0.1) is 0 Å². The van der Waals surface area contributed by atoms with E-state index in [9.17, 15) is 19.5 Å². The molecule has 7 nitrogen and oxygen atoms in total. The minimum atomic E-state index is -0.933. The first-order valence-electron chi connectivity index (χ1n) is 11.5. The van der Waals surface area contributed by atoms with Crippen molar-refractivity contribution >= 4 is 34.3 Å². The van der Waals surface area contributed by atoms with Crippen molar-refractivity contribution < 1.29 is 28.6 Å². The van der Waals surface area contributed by atoms with Crippen LogP contribution < -0.4 is 4.90 Å². The Balaban J connectivity index is 1.65. The van der Waals surface area contributed by atoms with Crippen LogP contribution in [0.25, 0.3) is 11.0 Å². The Kier molecular flexibility index (Phi) is 5.90. The molecule has 1 atom stereocenters. The summed E-state index contributed by atoms with van der Waals surface area (Å²) in [5.74, 6) is -2.54. The van der Waals surface area contributed by atoms with Crippen molar-refractivity contribution in [3.8, 4) is 0 Å². The highest BCUT2D eigenvalue weighted by molar-refractivity contribution is 6.20. The number of aliphatic hydroxyl groups excluding tert-OH is 1. The third kappa shape index (κ3) is 3.84. The quantitative estimate of drug-likeness (QED) is 0.286. The molecule has 0 fully saturated rings. The number of aliphatic hydroxyl groups is 1. The van der Waals surface area contributed by atoms with E-state index in [1.807, 2.05) is 43.3 Å². The number of hydrogen-bond acceptors (Lipinski definition) is 6. The number of rotatable bonds is 6. The second-order valence-corrected chi connectivity index (χ2v) is 8.45. The number of anilines is 1. The highest BCUT2D eigenvalue weighted by atomic mass is 16.5. The number of nitrogens with zero attached hydrogens (tertiary/aromatic N) is 1. The van der Waals surface area contributed by atoms with Gasteiger partial charge >= 0.3 is 5.97 Å². The summed E-state index contributed by atoms with van der Waals surface area (Å²) in [6.07, 6.45) is 0.820. The number of fused-ring (bicyclic) bond motifs is 1. The van der Waals surface area contributed by atoms with Gasteiger partial charge in [0.05, 0.1) is 24.3 Å². The number of carbonyl (C=O) groups excluding carboxylic acids is 3. The maximum absolute atomic E-state index is 13.7. The summed E-state index contributed by atoms with van der Waals surface area (Å²) in [5, 5.41) is 11.7. The van der Waals surface area contributed by atoms with Gasteiger partial charge in [-0.2, -0.15) is 0 Å². The molecule has 0 bridgehead atoms. The van der Waals surface area contributed by atoms with Gasteiger partial charge in [0.1, 0.15) is 5.58 Å². The summed E-state index contributed by atoms with van der Waals surface area (Å²) in [7, 11) is 1.27. The van der Waals surface area contributed by atoms with Crippen molar-refractivity contribution in [2.45, 2.75) is 19.4 Å². The molecule has 1 amide bonds. The van der Waals surface area contributed by atoms with Crippen LogP contribution in [0.1, 0.15) is 45.0 Å². The largest absolute Gasteiger partial charge is 0.503 e. The van der Waals surface area contributed by atoms with Crippen molar-refractivity contribution in [1.29, 1.82) is 0 Å². The number of benzene rings is 3. The Hall–Kier alpha value is -4.65. The molecule has 0 aliphatic carbocycles. The van der Waals surface area contributed by atoms with Crippen LogP contribution in [0.4, 0.5) is 5.69 Å². The zero-order chi connectivity index (χ0) is 25.4. The summed E-state index contributed by atoms with van der Waals surface area (Å²) in [6, 6.07) is 21.7. The van der Waals surface area contributed by atoms with Crippen LogP contribution in [-0.4, -0.2) is 29.9 Å². The molecule has 2 heterocycles. The van der Waals surface area contributed by atoms with Gasteiger partial charge in [0.15, 0.2) is 11.5 Å². The first kappa shape index (κ1) is 23.1. The molecule has 1 unspecified atom stereocenters. The maximum Gasteiger partial charge on any atom is 0.337 e. The maximum atomic E-state index is 13.7. The number of carbonyl (C=O) groups is 3. The molecule has 0 saturated carbocycles. The average Bonchev–Trinajstić information content (AvgIpc) is 3.47. The van der Waals surface area contributed by atoms with Gasteiger partial charge in [0.25, 0.3) is 5.91 Å². The van der Waals surface area contributed by atoms with Gasteiger partial charge in [0, 0.05) is 11.1 Å². The molecule has 1 aliphatic rings. The summed E-state index contributed by atoms with van der Waals surface area (Å²) in [6.45, 7) is 2.03. The van der Waals surface area contributed by atoms with Crippen LogP contribution in [-0.2, 0) is 16.0 Å². The Bertz CT molecular complexity index is 1500. The van der Waals surface area contributed by atoms with Gasteiger partial charge in [-0.3, -0.25) is 14.5 Å². The van der Waals surface area contributed by atoms with Gasteiger partial charge in [-0.1, -0.05) is 55.5 Å². The van der Waals surface area contributed by atoms with E-state index in [1.54, 1.807) is 36.4 Å². The first-order valence-corrected chi connectivity index (χ1v) is 11.5. The van der Waals surface area contributed by atoms with E-state index in [0.717, 1.165) is 17.4 Å². The van der Waals surface area contributed by atoms with Gasteiger partial charge in [-0.25, -0.2) is 4.79 Å². The molecule has 0 spiro atoms. The van der Waals surface area contributed by atoms with E-state index >= 15 is 0 Å². The second-order valence-electron chi connectivity index (χ2n) is 8.45. The van der Waals surface area contributed by atoms with Crippen LogP contribution in [0.5, 0.6) is 0 Å². The fourth-order valence-electron chi connectivity index (χ4n) is 4.48. The number of aryl methyl sites for hydroxylation is 1. The van der Waals surface area contributed by atoms with Gasteiger partial charge in [-0.15, -0.1) is 0 Å². The number of ether oxygens (including phenoxy) is 1. The minimum Gasteiger partial charge on any atom is -0.503 e.